The van der Waals surface area contributed by atoms with Gasteiger partial charge in [-0.15, -0.1) is 0 Å². The van der Waals surface area contributed by atoms with E-state index in [0.29, 0.717) is 19.5 Å². The first-order valence-corrected chi connectivity index (χ1v) is 8.23. The minimum atomic E-state index is -0.588. The summed E-state index contributed by atoms with van der Waals surface area (Å²) in [6.07, 6.45) is 0.775. The number of amides is 2. The Morgan fingerprint density at radius 2 is 1.78 bits per heavy atom. The molecule has 0 radical (unpaired) electrons. The van der Waals surface area contributed by atoms with E-state index < -0.39 is 17.7 Å². The summed E-state index contributed by atoms with van der Waals surface area (Å²) < 4.78 is 10.7. The highest BCUT2D eigenvalue weighted by atomic mass is 16.6. The zero-order valence-corrected chi connectivity index (χ0v) is 15.6. The summed E-state index contributed by atoms with van der Waals surface area (Å²) in [5.74, 6) is -0.139. The molecule has 134 valence electrons. The molecule has 0 aromatic heterocycles. The highest BCUT2D eigenvalue weighted by molar-refractivity contribution is 5.86. The number of nitrogens with zero attached hydrogens (tertiary/aromatic N) is 1. The van der Waals surface area contributed by atoms with Gasteiger partial charge in [-0.05, 0) is 32.6 Å². The van der Waals surface area contributed by atoms with E-state index in [1.807, 2.05) is 20.8 Å². The number of carbonyl (C=O) groups excluding carboxylic acids is 2. The predicted molar refractivity (Wildman–Crippen MR) is 89.2 cm³/mol. The highest BCUT2D eigenvalue weighted by Gasteiger charge is 2.41. The van der Waals surface area contributed by atoms with Crippen LogP contribution in [0.25, 0.3) is 0 Å². The van der Waals surface area contributed by atoms with E-state index in [9.17, 15) is 9.59 Å². The molecule has 0 bridgehead atoms. The molecule has 6 heteroatoms. The first-order chi connectivity index (χ1) is 10.4. The molecule has 1 aliphatic rings. The lowest BCUT2D eigenvalue weighted by Crippen LogP contribution is -2.48. The summed E-state index contributed by atoms with van der Waals surface area (Å²) in [6, 6.07) is -0.533. The smallest absolute Gasteiger partial charge is 0.411 e. The average Bonchev–Trinajstić information content (AvgIpc) is 2.79. The quantitative estimate of drug-likeness (QED) is 0.861. The van der Waals surface area contributed by atoms with E-state index in [-0.39, 0.29) is 17.4 Å². The minimum Gasteiger partial charge on any atom is -0.444 e. The zero-order valence-electron chi connectivity index (χ0n) is 15.6. The van der Waals surface area contributed by atoms with Gasteiger partial charge >= 0.3 is 6.09 Å². The molecule has 1 N–H and O–H groups in total. The third kappa shape index (κ3) is 6.77. The summed E-state index contributed by atoms with van der Waals surface area (Å²) in [7, 11) is 1.60. The predicted octanol–water partition coefficient (Wildman–Crippen LogP) is 2.56. The molecule has 0 unspecified atom stereocenters. The van der Waals surface area contributed by atoms with Crippen molar-refractivity contribution in [3.63, 3.8) is 0 Å². The fourth-order valence-electron chi connectivity index (χ4n) is 2.42. The fraction of sp³-hybridized carbons (Fsp3) is 0.882. The zero-order chi connectivity index (χ0) is 17.8. The SMILES string of the molecule is CO[C@H]1C[C@@H](C(=O)NCCC(C)(C)C)N(C(=O)OC(C)(C)C)C1. The van der Waals surface area contributed by atoms with Crippen LogP contribution in [0.2, 0.25) is 0 Å². The molecule has 1 rings (SSSR count). The second-order valence-electron chi connectivity index (χ2n) is 8.34. The molecule has 0 aromatic carbocycles. The third-order valence-corrected chi connectivity index (χ3v) is 3.70. The van der Waals surface area contributed by atoms with Crippen molar-refractivity contribution in [3.8, 4) is 0 Å². The van der Waals surface area contributed by atoms with Gasteiger partial charge in [-0.1, -0.05) is 20.8 Å². The molecule has 1 saturated heterocycles. The number of carbonyl (C=O) groups is 2. The van der Waals surface area contributed by atoms with E-state index in [4.69, 9.17) is 9.47 Å². The van der Waals surface area contributed by atoms with Crippen LogP contribution in [0.15, 0.2) is 0 Å². The van der Waals surface area contributed by atoms with Gasteiger partial charge in [0.2, 0.25) is 5.91 Å². The van der Waals surface area contributed by atoms with Crippen LogP contribution in [0.4, 0.5) is 4.79 Å². The van der Waals surface area contributed by atoms with Crippen LogP contribution < -0.4 is 5.32 Å². The molecule has 0 aliphatic carbocycles. The lowest BCUT2D eigenvalue weighted by molar-refractivity contribution is -0.125. The van der Waals surface area contributed by atoms with Crippen molar-refractivity contribution in [1.29, 1.82) is 0 Å². The van der Waals surface area contributed by atoms with Crippen molar-refractivity contribution < 1.29 is 19.1 Å². The van der Waals surface area contributed by atoms with Crippen LogP contribution in [-0.2, 0) is 14.3 Å². The van der Waals surface area contributed by atoms with Crippen LogP contribution >= 0.6 is 0 Å². The van der Waals surface area contributed by atoms with E-state index in [0.717, 1.165) is 6.42 Å². The second-order valence-corrected chi connectivity index (χ2v) is 8.34. The number of nitrogens with one attached hydrogen (secondary N) is 1. The molecule has 0 saturated carbocycles. The first kappa shape index (κ1) is 19.7. The average molecular weight is 328 g/mol. The van der Waals surface area contributed by atoms with Crippen molar-refractivity contribution in [2.24, 2.45) is 5.41 Å². The number of likely N-dealkylation sites (tertiary alicyclic amines) is 1. The molecule has 1 aliphatic heterocycles. The monoisotopic (exact) mass is 328 g/mol. The largest absolute Gasteiger partial charge is 0.444 e. The Hall–Kier alpha value is -1.30. The Balaban J connectivity index is 2.68. The molecule has 0 aromatic rings. The second kappa shape index (κ2) is 7.51. The molecule has 23 heavy (non-hydrogen) atoms. The van der Waals surface area contributed by atoms with Gasteiger partial charge in [0.15, 0.2) is 0 Å². The van der Waals surface area contributed by atoms with Crippen molar-refractivity contribution in [1.82, 2.24) is 10.2 Å². The standard InChI is InChI=1S/C17H32N2O4/c1-16(2,3)8-9-18-14(20)13-10-12(22-7)11-19(13)15(21)23-17(4,5)6/h12-13H,8-11H2,1-7H3,(H,18,20)/t12-,13-/m0/s1. The number of hydrogen-bond acceptors (Lipinski definition) is 4. The highest BCUT2D eigenvalue weighted by Crippen LogP contribution is 2.23. The molecule has 1 heterocycles. The number of hydrogen-bond donors (Lipinski definition) is 1. The Morgan fingerprint density at radius 3 is 2.26 bits per heavy atom. The van der Waals surface area contributed by atoms with Crippen molar-refractivity contribution >= 4 is 12.0 Å². The number of ether oxygens (including phenoxy) is 2. The Bertz CT molecular complexity index is 423. The maximum absolute atomic E-state index is 12.5. The molecular weight excluding hydrogens is 296 g/mol. The van der Waals surface area contributed by atoms with Crippen molar-refractivity contribution in [2.45, 2.75) is 72.1 Å². The molecule has 6 nitrogen and oxygen atoms in total. The maximum atomic E-state index is 12.5. The lowest BCUT2D eigenvalue weighted by atomic mass is 9.92. The molecular formula is C17H32N2O4. The Kier molecular flexibility index (Phi) is 6.45. The van der Waals surface area contributed by atoms with E-state index in [2.05, 4.69) is 26.1 Å². The molecule has 1 fully saturated rings. The number of rotatable bonds is 4. The Labute approximate surface area is 139 Å². The van der Waals surface area contributed by atoms with Gasteiger partial charge in [0, 0.05) is 20.1 Å². The maximum Gasteiger partial charge on any atom is 0.411 e. The Morgan fingerprint density at radius 1 is 1.17 bits per heavy atom. The van der Waals surface area contributed by atoms with Crippen LogP contribution in [0.3, 0.4) is 0 Å². The first-order valence-electron chi connectivity index (χ1n) is 8.23. The van der Waals surface area contributed by atoms with Crippen molar-refractivity contribution in [3.05, 3.63) is 0 Å². The molecule has 2 atom stereocenters. The van der Waals surface area contributed by atoms with E-state index in [1.54, 1.807) is 7.11 Å². The van der Waals surface area contributed by atoms with Gasteiger partial charge in [-0.2, -0.15) is 0 Å². The topological polar surface area (TPSA) is 67.9 Å². The van der Waals surface area contributed by atoms with E-state index >= 15 is 0 Å². The molecule has 0 spiro atoms. The summed E-state index contributed by atoms with van der Waals surface area (Å²) in [5.41, 5.74) is -0.432. The van der Waals surface area contributed by atoms with Crippen LogP contribution in [-0.4, -0.2) is 54.8 Å². The van der Waals surface area contributed by atoms with E-state index in [1.165, 1.54) is 4.90 Å². The normalized spacial score (nSPS) is 22.1. The van der Waals surface area contributed by atoms with Gasteiger partial charge < -0.3 is 14.8 Å². The summed E-state index contributed by atoms with van der Waals surface area (Å²) in [5, 5.41) is 2.93. The van der Waals surface area contributed by atoms with Gasteiger partial charge in [-0.3, -0.25) is 9.69 Å². The fourth-order valence-corrected chi connectivity index (χ4v) is 2.42. The van der Waals surface area contributed by atoms with Crippen LogP contribution in [0, 0.1) is 5.41 Å². The van der Waals surface area contributed by atoms with Crippen LogP contribution in [0.1, 0.15) is 54.4 Å². The van der Waals surface area contributed by atoms with Crippen LogP contribution in [0.5, 0.6) is 0 Å². The van der Waals surface area contributed by atoms with Gasteiger partial charge in [0.25, 0.3) is 0 Å². The van der Waals surface area contributed by atoms with Gasteiger partial charge in [0.1, 0.15) is 11.6 Å². The summed E-state index contributed by atoms with van der Waals surface area (Å²) in [6.45, 7) is 12.8. The third-order valence-electron chi connectivity index (χ3n) is 3.70. The van der Waals surface area contributed by atoms with Crippen molar-refractivity contribution in [2.75, 3.05) is 20.2 Å². The van der Waals surface area contributed by atoms with Gasteiger partial charge in [-0.25, -0.2) is 4.79 Å². The van der Waals surface area contributed by atoms with Gasteiger partial charge in [0.05, 0.1) is 12.6 Å². The molecule has 2 amide bonds. The summed E-state index contributed by atoms with van der Waals surface area (Å²) >= 11 is 0. The summed E-state index contributed by atoms with van der Waals surface area (Å²) in [4.78, 5) is 26.3. The lowest BCUT2D eigenvalue weighted by Gasteiger charge is -2.28. The number of methoxy groups -OCH3 is 1. The minimum absolute atomic E-state index is 0.138.